The summed E-state index contributed by atoms with van der Waals surface area (Å²) in [6.45, 7) is 3.92. The van der Waals surface area contributed by atoms with Gasteiger partial charge in [0.1, 0.15) is 0 Å². The van der Waals surface area contributed by atoms with Crippen LogP contribution in [0.3, 0.4) is 0 Å². The van der Waals surface area contributed by atoms with E-state index in [4.69, 9.17) is 0 Å². The minimum absolute atomic E-state index is 0.0697. The van der Waals surface area contributed by atoms with Crippen LogP contribution >= 0.6 is 15.9 Å². The zero-order valence-electron chi connectivity index (χ0n) is 13.0. The molecule has 1 aromatic heterocycles. The van der Waals surface area contributed by atoms with Crippen LogP contribution in [0.15, 0.2) is 47.2 Å². The Kier molecular flexibility index (Phi) is 5.87. The van der Waals surface area contributed by atoms with Gasteiger partial charge in [0.05, 0.1) is 16.8 Å². The number of nitrogens with zero attached hydrogens (tertiary/aromatic N) is 1. The third-order valence-electron chi connectivity index (χ3n) is 3.37. The molecule has 120 valence electrons. The molecule has 1 aromatic carbocycles. The summed E-state index contributed by atoms with van der Waals surface area (Å²) in [6.07, 6.45) is 3.72. The Morgan fingerprint density at radius 3 is 2.48 bits per heavy atom. The Labute approximate surface area is 143 Å². The van der Waals surface area contributed by atoms with Crippen molar-refractivity contribution in [2.75, 3.05) is 5.32 Å². The van der Waals surface area contributed by atoms with E-state index in [0.29, 0.717) is 16.8 Å². The van der Waals surface area contributed by atoms with Crippen LogP contribution in [0.1, 0.15) is 41.0 Å². The largest absolute Gasteiger partial charge is 0.350 e. The molecule has 0 aliphatic rings. The molecule has 0 aliphatic heterocycles. The summed E-state index contributed by atoms with van der Waals surface area (Å²) < 4.78 is 0.784. The van der Waals surface area contributed by atoms with Crippen molar-refractivity contribution in [1.29, 1.82) is 0 Å². The zero-order chi connectivity index (χ0) is 16.8. The number of para-hydroxylation sites is 1. The lowest BCUT2D eigenvalue weighted by Gasteiger charge is -2.12. The molecule has 0 saturated heterocycles. The van der Waals surface area contributed by atoms with Crippen molar-refractivity contribution >= 4 is 33.4 Å². The van der Waals surface area contributed by atoms with Crippen LogP contribution in [0.5, 0.6) is 0 Å². The molecule has 2 aromatic rings. The fourth-order valence-corrected chi connectivity index (χ4v) is 2.24. The van der Waals surface area contributed by atoms with E-state index in [1.54, 1.807) is 6.07 Å². The van der Waals surface area contributed by atoms with Crippen LogP contribution in [0.4, 0.5) is 5.69 Å². The Morgan fingerprint density at radius 2 is 1.83 bits per heavy atom. The average Bonchev–Trinajstić information content (AvgIpc) is 2.56. The second kappa shape index (κ2) is 7.87. The number of benzene rings is 1. The van der Waals surface area contributed by atoms with Gasteiger partial charge in [-0.15, -0.1) is 0 Å². The van der Waals surface area contributed by atoms with E-state index in [2.05, 4.69) is 31.5 Å². The smallest absolute Gasteiger partial charge is 0.257 e. The molecular weight excluding hydrogens is 358 g/mol. The van der Waals surface area contributed by atoms with Gasteiger partial charge in [-0.25, -0.2) is 0 Å². The fourth-order valence-electron chi connectivity index (χ4n) is 1.85. The van der Waals surface area contributed by atoms with Gasteiger partial charge in [0.25, 0.3) is 11.8 Å². The average molecular weight is 376 g/mol. The zero-order valence-corrected chi connectivity index (χ0v) is 14.6. The van der Waals surface area contributed by atoms with E-state index in [0.717, 1.165) is 10.9 Å². The molecule has 2 N–H and O–H groups in total. The first kappa shape index (κ1) is 17.1. The molecule has 0 aliphatic carbocycles. The highest BCUT2D eigenvalue weighted by Crippen LogP contribution is 2.21. The number of aromatic nitrogens is 1. The lowest BCUT2D eigenvalue weighted by Crippen LogP contribution is -2.32. The number of hydrogen-bond acceptors (Lipinski definition) is 3. The van der Waals surface area contributed by atoms with Gasteiger partial charge in [0.15, 0.2) is 0 Å². The van der Waals surface area contributed by atoms with Gasteiger partial charge in [-0.2, -0.15) is 0 Å². The summed E-state index contributed by atoms with van der Waals surface area (Å²) in [5, 5.41) is 5.64. The summed E-state index contributed by atoms with van der Waals surface area (Å²) in [5.74, 6) is -0.551. The fraction of sp³-hybridized carbons (Fsp3) is 0.235. The second-order valence-corrected chi connectivity index (χ2v) is 6.03. The van der Waals surface area contributed by atoms with Crippen molar-refractivity contribution in [3.8, 4) is 0 Å². The number of hydrogen-bond donors (Lipinski definition) is 2. The molecule has 2 rings (SSSR count). The van der Waals surface area contributed by atoms with E-state index in [1.807, 2.05) is 32.0 Å². The summed E-state index contributed by atoms with van der Waals surface area (Å²) in [4.78, 5) is 28.4. The molecule has 0 radical (unpaired) electrons. The molecule has 6 heteroatoms. The number of pyridine rings is 1. The molecule has 1 heterocycles. The molecular formula is C17H18BrN3O2. The van der Waals surface area contributed by atoms with Crippen molar-refractivity contribution in [2.24, 2.45) is 0 Å². The van der Waals surface area contributed by atoms with Crippen LogP contribution in [-0.4, -0.2) is 22.8 Å². The minimum atomic E-state index is -0.317. The Balaban J connectivity index is 2.14. The maximum atomic E-state index is 12.3. The number of halogens is 1. The number of anilines is 1. The number of amides is 2. The highest BCUT2D eigenvalue weighted by atomic mass is 79.9. The van der Waals surface area contributed by atoms with E-state index in [1.165, 1.54) is 18.5 Å². The summed E-state index contributed by atoms with van der Waals surface area (Å²) >= 11 is 3.38. The molecule has 2 amide bonds. The first-order valence-electron chi connectivity index (χ1n) is 7.33. The van der Waals surface area contributed by atoms with Gasteiger partial charge in [-0.3, -0.25) is 14.6 Å². The lowest BCUT2D eigenvalue weighted by molar-refractivity contribution is 0.0939. The van der Waals surface area contributed by atoms with Crippen LogP contribution in [-0.2, 0) is 0 Å². The van der Waals surface area contributed by atoms with E-state index >= 15 is 0 Å². The molecule has 0 bridgehead atoms. The van der Waals surface area contributed by atoms with Gasteiger partial charge in [0.2, 0.25) is 0 Å². The maximum absolute atomic E-state index is 12.3. The topological polar surface area (TPSA) is 71.1 Å². The highest BCUT2D eigenvalue weighted by molar-refractivity contribution is 9.10. The van der Waals surface area contributed by atoms with Crippen molar-refractivity contribution in [2.45, 2.75) is 26.3 Å². The van der Waals surface area contributed by atoms with E-state index in [9.17, 15) is 9.59 Å². The van der Waals surface area contributed by atoms with Crippen molar-refractivity contribution in [3.05, 3.63) is 58.3 Å². The molecule has 0 spiro atoms. The van der Waals surface area contributed by atoms with Gasteiger partial charge in [-0.1, -0.05) is 19.1 Å². The minimum Gasteiger partial charge on any atom is -0.350 e. The first-order chi connectivity index (χ1) is 11.0. The Hall–Kier alpha value is -2.21. The van der Waals surface area contributed by atoms with Crippen molar-refractivity contribution in [1.82, 2.24) is 10.3 Å². The molecule has 1 atom stereocenters. The standard InChI is InChI=1S/C17H18BrN3O2/c1-3-11(2)20-16(22)12-8-13(10-19-9-12)17(23)21-15-7-5-4-6-14(15)18/h4-11H,3H2,1-2H3,(H,20,22)(H,21,23). The number of nitrogens with one attached hydrogen (secondary N) is 2. The maximum Gasteiger partial charge on any atom is 0.257 e. The lowest BCUT2D eigenvalue weighted by atomic mass is 10.1. The second-order valence-electron chi connectivity index (χ2n) is 5.18. The highest BCUT2D eigenvalue weighted by Gasteiger charge is 2.13. The molecule has 0 fully saturated rings. The van der Waals surface area contributed by atoms with Crippen LogP contribution < -0.4 is 10.6 Å². The van der Waals surface area contributed by atoms with Crippen LogP contribution in [0.25, 0.3) is 0 Å². The van der Waals surface area contributed by atoms with Gasteiger partial charge >= 0.3 is 0 Å². The molecule has 23 heavy (non-hydrogen) atoms. The van der Waals surface area contributed by atoms with Gasteiger partial charge in [0, 0.05) is 22.9 Å². The number of rotatable bonds is 5. The summed E-state index contributed by atoms with van der Waals surface area (Å²) in [6, 6.07) is 8.92. The van der Waals surface area contributed by atoms with Crippen LogP contribution in [0, 0.1) is 0 Å². The first-order valence-corrected chi connectivity index (χ1v) is 8.12. The van der Waals surface area contributed by atoms with Gasteiger partial charge < -0.3 is 10.6 Å². The monoisotopic (exact) mass is 375 g/mol. The third kappa shape index (κ3) is 4.63. The predicted molar refractivity (Wildman–Crippen MR) is 93.6 cm³/mol. The summed E-state index contributed by atoms with van der Waals surface area (Å²) in [7, 11) is 0. The number of carbonyl (C=O) groups is 2. The van der Waals surface area contributed by atoms with E-state index < -0.39 is 0 Å². The van der Waals surface area contributed by atoms with Crippen LogP contribution in [0.2, 0.25) is 0 Å². The molecule has 0 saturated carbocycles. The Bertz CT molecular complexity index is 718. The van der Waals surface area contributed by atoms with Crippen molar-refractivity contribution < 1.29 is 9.59 Å². The SMILES string of the molecule is CCC(C)NC(=O)c1cncc(C(=O)Nc2ccccc2Br)c1. The van der Waals surface area contributed by atoms with E-state index in [-0.39, 0.29) is 17.9 Å². The molecule has 1 unspecified atom stereocenters. The molecule has 5 nitrogen and oxygen atoms in total. The third-order valence-corrected chi connectivity index (χ3v) is 4.07. The number of carbonyl (C=O) groups excluding carboxylic acids is 2. The Morgan fingerprint density at radius 1 is 1.17 bits per heavy atom. The normalized spacial score (nSPS) is 11.6. The quantitative estimate of drug-likeness (QED) is 0.837. The van der Waals surface area contributed by atoms with Gasteiger partial charge in [-0.05, 0) is 47.5 Å². The summed E-state index contributed by atoms with van der Waals surface area (Å²) in [5.41, 5.74) is 1.36. The predicted octanol–water partition coefficient (Wildman–Crippen LogP) is 3.62. The van der Waals surface area contributed by atoms with Crippen molar-refractivity contribution in [3.63, 3.8) is 0 Å².